The van der Waals surface area contributed by atoms with Gasteiger partial charge in [0.05, 0.1) is 0 Å². The third-order valence-corrected chi connectivity index (χ3v) is 2.88. The fraction of sp³-hybridized carbons (Fsp3) is 0. The Bertz CT molecular complexity index is 374. The van der Waals surface area contributed by atoms with Crippen molar-refractivity contribution in [1.29, 1.82) is 0 Å². The number of fused-ring (bicyclic) bond motifs is 1. The van der Waals surface area contributed by atoms with Crippen molar-refractivity contribution in [2.24, 2.45) is 0 Å². The van der Waals surface area contributed by atoms with E-state index in [1.165, 1.54) is 15.2 Å². The maximum Gasteiger partial charge on any atom is 0.259 e. The van der Waals surface area contributed by atoms with Gasteiger partial charge in [-0.25, -0.2) is 0 Å². The zero-order valence-corrected chi connectivity index (χ0v) is 8.54. The fourth-order valence-electron chi connectivity index (χ4n) is 1.39. The van der Waals surface area contributed by atoms with Crippen molar-refractivity contribution in [3.63, 3.8) is 0 Å². The van der Waals surface area contributed by atoms with E-state index in [0.717, 1.165) is 16.3 Å². The standard InChI is InChI=1S/C10H7.Al.2H/c1-2-6-10-8-4-3-7-9(10)5-1;;;/h1-7H;;;. The van der Waals surface area contributed by atoms with Crippen LogP contribution in [0.4, 0.5) is 0 Å². The molecule has 52 valence electrons. The highest BCUT2D eigenvalue weighted by Gasteiger charge is 1.91. The summed E-state index contributed by atoms with van der Waals surface area (Å²) >= 11 is 1.14. The highest BCUT2D eigenvalue weighted by atomic mass is 27.0. The minimum atomic E-state index is 1.14. The van der Waals surface area contributed by atoms with E-state index in [4.69, 9.17) is 0 Å². The number of rotatable bonds is 0. The van der Waals surface area contributed by atoms with E-state index >= 15 is 0 Å². The van der Waals surface area contributed by atoms with Crippen molar-refractivity contribution in [2.45, 2.75) is 0 Å². The topological polar surface area (TPSA) is 0 Å². The molecule has 0 saturated heterocycles. The van der Waals surface area contributed by atoms with Gasteiger partial charge in [-0.2, -0.15) is 0 Å². The van der Waals surface area contributed by atoms with Crippen LogP contribution in [0, 0.1) is 0 Å². The zero-order valence-electron chi connectivity index (χ0n) is 6.54. The molecule has 0 saturated carbocycles. The summed E-state index contributed by atoms with van der Waals surface area (Å²) in [7, 11) is 0. The van der Waals surface area contributed by atoms with Crippen LogP contribution in [0.25, 0.3) is 10.8 Å². The minimum absolute atomic E-state index is 1.14. The molecule has 0 spiro atoms. The molecule has 0 aliphatic rings. The highest BCUT2D eigenvalue weighted by molar-refractivity contribution is 6.38. The molecule has 11 heavy (non-hydrogen) atoms. The zero-order chi connectivity index (χ0) is 7.68. The molecular weight excluding hydrogens is 147 g/mol. The molecule has 0 atom stereocenters. The Morgan fingerprint density at radius 3 is 2.36 bits per heavy atom. The molecule has 0 fully saturated rings. The monoisotopic (exact) mass is 156 g/mol. The summed E-state index contributed by atoms with van der Waals surface area (Å²) in [5.74, 6) is 0. The summed E-state index contributed by atoms with van der Waals surface area (Å²) in [5, 5.41) is 2.78. The highest BCUT2D eigenvalue weighted by Crippen LogP contribution is 2.08. The van der Waals surface area contributed by atoms with Crippen molar-refractivity contribution in [2.75, 3.05) is 0 Å². The smallest absolute Gasteiger partial charge is 0.113 e. The van der Waals surface area contributed by atoms with Gasteiger partial charge in [0.1, 0.15) is 0 Å². The van der Waals surface area contributed by atoms with Gasteiger partial charge in [-0.15, -0.1) is 4.43 Å². The summed E-state index contributed by atoms with van der Waals surface area (Å²) in [6.07, 6.45) is 0. The Kier molecular flexibility index (Phi) is 1.69. The molecule has 0 N–H and O–H groups in total. The van der Waals surface area contributed by atoms with Gasteiger partial charge in [0.2, 0.25) is 0 Å². The van der Waals surface area contributed by atoms with Gasteiger partial charge in [-0.05, 0) is 10.8 Å². The van der Waals surface area contributed by atoms with Crippen LogP contribution in [0.2, 0.25) is 0 Å². The van der Waals surface area contributed by atoms with E-state index in [1.807, 2.05) is 0 Å². The molecule has 0 bridgehead atoms. The molecule has 0 aromatic heterocycles. The Hall–Kier alpha value is -0.768. The summed E-state index contributed by atoms with van der Waals surface area (Å²) in [6.45, 7) is 0. The van der Waals surface area contributed by atoms with E-state index in [2.05, 4.69) is 42.5 Å². The number of benzene rings is 2. The summed E-state index contributed by atoms with van der Waals surface area (Å²) in [6, 6.07) is 15.0. The first-order valence-electron chi connectivity index (χ1n) is 3.82. The Morgan fingerprint density at radius 1 is 0.818 bits per heavy atom. The molecule has 2 aromatic carbocycles. The summed E-state index contributed by atoms with van der Waals surface area (Å²) in [5.41, 5.74) is 0. The SMILES string of the molecule is [AlH2][c]1cccc2ccccc12. The average Bonchev–Trinajstić information content (AvgIpc) is 2.06. The molecule has 0 nitrogen and oxygen atoms in total. The van der Waals surface area contributed by atoms with Gasteiger partial charge in [-0.3, -0.25) is 0 Å². The normalized spacial score (nSPS) is 10.2. The van der Waals surface area contributed by atoms with E-state index in [-0.39, 0.29) is 0 Å². The van der Waals surface area contributed by atoms with E-state index in [9.17, 15) is 0 Å². The van der Waals surface area contributed by atoms with Gasteiger partial charge in [-0.1, -0.05) is 42.5 Å². The first-order valence-corrected chi connectivity index (χ1v) is 4.82. The predicted molar refractivity (Wildman–Crippen MR) is 52.1 cm³/mol. The van der Waals surface area contributed by atoms with Gasteiger partial charge in [0.15, 0.2) is 0 Å². The van der Waals surface area contributed by atoms with Crippen LogP contribution >= 0.6 is 0 Å². The van der Waals surface area contributed by atoms with Crippen molar-refractivity contribution >= 4 is 31.5 Å². The second kappa shape index (κ2) is 2.70. The maximum atomic E-state index is 2.20. The van der Waals surface area contributed by atoms with E-state index in [0.29, 0.717) is 0 Å². The molecular formula is C10H9Al. The minimum Gasteiger partial charge on any atom is -0.113 e. The third-order valence-electron chi connectivity index (χ3n) is 2.01. The number of hydrogen-bond donors (Lipinski definition) is 0. The number of hydrogen-bond acceptors (Lipinski definition) is 0. The van der Waals surface area contributed by atoms with Crippen LogP contribution in [0.1, 0.15) is 0 Å². The lowest BCUT2D eigenvalue weighted by atomic mass is 10.1. The molecule has 0 aliphatic carbocycles. The van der Waals surface area contributed by atoms with Crippen LogP contribution < -0.4 is 4.43 Å². The molecule has 0 amide bonds. The Morgan fingerprint density at radius 2 is 1.55 bits per heavy atom. The molecule has 2 rings (SSSR count). The summed E-state index contributed by atoms with van der Waals surface area (Å²) in [4.78, 5) is 0. The fourth-order valence-corrected chi connectivity index (χ4v) is 2.04. The molecule has 0 heterocycles. The lowest BCUT2D eigenvalue weighted by Crippen LogP contribution is -2.01. The maximum absolute atomic E-state index is 2.20. The molecule has 0 aliphatic heterocycles. The molecule has 0 unspecified atom stereocenters. The molecule has 0 radical (unpaired) electrons. The lowest BCUT2D eigenvalue weighted by Gasteiger charge is -1.99. The molecule has 1 heteroatoms. The van der Waals surface area contributed by atoms with E-state index in [1.54, 1.807) is 0 Å². The van der Waals surface area contributed by atoms with Crippen LogP contribution in [0.3, 0.4) is 0 Å². The van der Waals surface area contributed by atoms with Crippen LogP contribution in [-0.2, 0) is 0 Å². The molecule has 2 aromatic rings. The van der Waals surface area contributed by atoms with E-state index < -0.39 is 0 Å². The summed E-state index contributed by atoms with van der Waals surface area (Å²) < 4.78 is 1.49. The third kappa shape index (κ3) is 1.18. The van der Waals surface area contributed by atoms with Crippen molar-refractivity contribution in [1.82, 2.24) is 0 Å². The van der Waals surface area contributed by atoms with Gasteiger partial charge in [0.25, 0.3) is 16.3 Å². The van der Waals surface area contributed by atoms with Crippen molar-refractivity contribution in [3.8, 4) is 0 Å². The Labute approximate surface area is 74.3 Å². The second-order valence-electron chi connectivity index (χ2n) is 2.80. The predicted octanol–water partition coefficient (Wildman–Crippen LogP) is 1.10. The van der Waals surface area contributed by atoms with Gasteiger partial charge in [0, 0.05) is 0 Å². The first-order chi connectivity index (χ1) is 5.38. The van der Waals surface area contributed by atoms with Crippen molar-refractivity contribution in [3.05, 3.63) is 42.5 Å². The average molecular weight is 156 g/mol. The van der Waals surface area contributed by atoms with Crippen LogP contribution in [-0.4, -0.2) is 16.3 Å². The van der Waals surface area contributed by atoms with Crippen LogP contribution in [0.15, 0.2) is 42.5 Å². The van der Waals surface area contributed by atoms with Crippen molar-refractivity contribution < 1.29 is 0 Å². The largest absolute Gasteiger partial charge is 0.259 e. The lowest BCUT2D eigenvalue weighted by molar-refractivity contribution is 1.78. The first kappa shape index (κ1) is 6.91. The second-order valence-corrected chi connectivity index (χ2v) is 3.87. The van der Waals surface area contributed by atoms with Crippen LogP contribution in [0.5, 0.6) is 0 Å². The quantitative estimate of drug-likeness (QED) is 0.501. The van der Waals surface area contributed by atoms with Gasteiger partial charge < -0.3 is 0 Å². The van der Waals surface area contributed by atoms with Gasteiger partial charge >= 0.3 is 0 Å². The Balaban J connectivity index is 2.91.